The molecule has 1 saturated heterocycles. The van der Waals surface area contributed by atoms with E-state index in [1.165, 1.54) is 36.2 Å². The van der Waals surface area contributed by atoms with Crippen molar-refractivity contribution in [2.75, 3.05) is 17.7 Å². The molecule has 27 heavy (non-hydrogen) atoms. The number of hydrogen-bond donors (Lipinski definition) is 2. The van der Waals surface area contributed by atoms with Gasteiger partial charge in [-0.05, 0) is 36.8 Å². The molecule has 0 unspecified atom stereocenters. The molecule has 140 valence electrons. The van der Waals surface area contributed by atoms with E-state index < -0.39 is 17.4 Å². The Balaban J connectivity index is 1.67. The first-order chi connectivity index (χ1) is 13.0. The second-order valence-corrected chi connectivity index (χ2v) is 7.78. The Kier molecular flexibility index (Phi) is 4.79. The van der Waals surface area contributed by atoms with E-state index in [0.29, 0.717) is 28.2 Å². The summed E-state index contributed by atoms with van der Waals surface area (Å²) < 4.78 is 20.6. The summed E-state index contributed by atoms with van der Waals surface area (Å²) in [5.74, 6) is -0.144. The minimum Gasteiger partial charge on any atom is -0.378 e. The molecule has 0 radical (unpaired) electrons. The van der Waals surface area contributed by atoms with Crippen molar-refractivity contribution in [3.63, 3.8) is 0 Å². The maximum absolute atomic E-state index is 14.7. The summed E-state index contributed by atoms with van der Waals surface area (Å²) in [7, 11) is 0. The van der Waals surface area contributed by atoms with Gasteiger partial charge in [-0.15, -0.1) is 0 Å². The standard InChI is InChI=1S/C18H16ClFN4O2S/c19-11-1-4-15(22-8-11)16(25)23-12-2-3-14(20)13(7-12)18-10(5-6-26-18)9-27-17(21)24-18/h1-4,7-8,10H,5-6,9H2,(H2,21,24)(H,23,25)/t10-,18+/m0/s1. The van der Waals surface area contributed by atoms with Crippen LogP contribution in [0.15, 0.2) is 41.5 Å². The number of nitrogens with zero attached hydrogens (tertiary/aromatic N) is 2. The lowest BCUT2D eigenvalue weighted by molar-refractivity contribution is -0.0170. The van der Waals surface area contributed by atoms with Gasteiger partial charge in [-0.3, -0.25) is 4.79 Å². The molecule has 3 heterocycles. The number of nitrogens with one attached hydrogen (secondary N) is 1. The number of thioether (sulfide) groups is 1. The fraction of sp³-hybridized carbons (Fsp3) is 0.278. The van der Waals surface area contributed by atoms with E-state index in [1.54, 1.807) is 12.1 Å². The third kappa shape index (κ3) is 3.40. The van der Waals surface area contributed by atoms with Crippen molar-refractivity contribution in [2.45, 2.75) is 12.1 Å². The first-order valence-electron chi connectivity index (χ1n) is 8.33. The quantitative estimate of drug-likeness (QED) is 0.815. The number of nitrogens with two attached hydrogens (primary N) is 1. The van der Waals surface area contributed by atoms with E-state index >= 15 is 0 Å². The zero-order valence-electron chi connectivity index (χ0n) is 14.1. The van der Waals surface area contributed by atoms with Crippen LogP contribution in [0.3, 0.4) is 0 Å². The Labute approximate surface area is 164 Å². The van der Waals surface area contributed by atoms with Gasteiger partial charge in [-0.25, -0.2) is 14.4 Å². The minimum absolute atomic E-state index is 0.0215. The van der Waals surface area contributed by atoms with Gasteiger partial charge in [-0.1, -0.05) is 23.4 Å². The van der Waals surface area contributed by atoms with E-state index in [0.717, 1.165) is 6.42 Å². The summed E-state index contributed by atoms with van der Waals surface area (Å²) in [6.07, 6.45) is 2.16. The number of rotatable bonds is 3. The van der Waals surface area contributed by atoms with Crippen molar-refractivity contribution in [1.29, 1.82) is 0 Å². The molecule has 0 spiro atoms. The molecule has 3 N–H and O–H groups in total. The van der Waals surface area contributed by atoms with Gasteiger partial charge in [0.15, 0.2) is 10.9 Å². The number of aliphatic imine (C=N–C) groups is 1. The van der Waals surface area contributed by atoms with Crippen LogP contribution in [0.2, 0.25) is 5.02 Å². The third-order valence-electron chi connectivity index (χ3n) is 4.62. The highest BCUT2D eigenvalue weighted by atomic mass is 35.5. The highest BCUT2D eigenvalue weighted by Gasteiger charge is 2.49. The zero-order valence-corrected chi connectivity index (χ0v) is 15.7. The van der Waals surface area contributed by atoms with Gasteiger partial charge in [0.05, 0.1) is 11.6 Å². The molecule has 1 aromatic carbocycles. The maximum atomic E-state index is 14.7. The minimum atomic E-state index is -1.14. The summed E-state index contributed by atoms with van der Waals surface area (Å²) >= 11 is 7.23. The number of ether oxygens (including phenoxy) is 1. The topological polar surface area (TPSA) is 89.6 Å². The van der Waals surface area contributed by atoms with Crippen LogP contribution in [0.25, 0.3) is 0 Å². The summed E-state index contributed by atoms with van der Waals surface area (Å²) in [5, 5.41) is 3.52. The molecule has 2 atom stereocenters. The molecule has 2 aliphatic heterocycles. The average Bonchev–Trinajstić information content (AvgIpc) is 3.07. The number of carbonyl (C=O) groups is 1. The van der Waals surface area contributed by atoms with Crippen molar-refractivity contribution in [3.05, 3.63) is 58.6 Å². The number of pyridine rings is 1. The van der Waals surface area contributed by atoms with Crippen LogP contribution in [-0.2, 0) is 10.5 Å². The van der Waals surface area contributed by atoms with Gasteiger partial charge in [0.1, 0.15) is 11.5 Å². The fourth-order valence-electron chi connectivity index (χ4n) is 3.31. The van der Waals surface area contributed by atoms with Crippen molar-refractivity contribution in [2.24, 2.45) is 16.6 Å². The number of hydrogen-bond acceptors (Lipinski definition) is 6. The van der Waals surface area contributed by atoms with Gasteiger partial charge in [0.25, 0.3) is 5.91 Å². The largest absolute Gasteiger partial charge is 0.378 e. The number of fused-ring (bicyclic) bond motifs is 1. The Morgan fingerprint density at radius 1 is 1.41 bits per heavy atom. The Bertz CT molecular complexity index is 924. The van der Waals surface area contributed by atoms with Crippen molar-refractivity contribution >= 4 is 40.1 Å². The molecule has 6 nitrogen and oxygen atoms in total. The van der Waals surface area contributed by atoms with Crippen LogP contribution in [0, 0.1) is 11.7 Å². The van der Waals surface area contributed by atoms with Gasteiger partial charge in [-0.2, -0.15) is 0 Å². The number of carbonyl (C=O) groups excluding carboxylic acids is 1. The van der Waals surface area contributed by atoms with Crippen LogP contribution in [0.5, 0.6) is 0 Å². The number of amidine groups is 1. The van der Waals surface area contributed by atoms with Crippen LogP contribution >= 0.6 is 23.4 Å². The molecule has 0 aliphatic carbocycles. The van der Waals surface area contributed by atoms with Crippen LogP contribution < -0.4 is 11.1 Å². The van der Waals surface area contributed by atoms with E-state index in [9.17, 15) is 9.18 Å². The Morgan fingerprint density at radius 2 is 2.26 bits per heavy atom. The SMILES string of the molecule is NC1=N[C@@]2(c3cc(NC(=O)c4ccc(Cl)cn4)ccc3F)OCC[C@H]2CS1. The molecule has 9 heteroatoms. The van der Waals surface area contributed by atoms with E-state index in [-0.39, 0.29) is 17.2 Å². The Morgan fingerprint density at radius 3 is 3.04 bits per heavy atom. The van der Waals surface area contributed by atoms with Gasteiger partial charge < -0.3 is 15.8 Å². The first-order valence-corrected chi connectivity index (χ1v) is 9.69. The number of benzene rings is 1. The first kappa shape index (κ1) is 18.2. The number of amides is 1. The Hall–Kier alpha value is -2.16. The van der Waals surface area contributed by atoms with Crippen LogP contribution in [0.4, 0.5) is 10.1 Å². The van der Waals surface area contributed by atoms with Gasteiger partial charge >= 0.3 is 0 Å². The van der Waals surface area contributed by atoms with Gasteiger partial charge in [0.2, 0.25) is 0 Å². The molecule has 0 saturated carbocycles. The normalized spacial score (nSPS) is 24.2. The molecule has 2 aliphatic rings. The number of halogens is 2. The monoisotopic (exact) mass is 406 g/mol. The molecular weight excluding hydrogens is 391 g/mol. The lowest BCUT2D eigenvalue weighted by atomic mass is 9.89. The highest BCUT2D eigenvalue weighted by molar-refractivity contribution is 8.13. The van der Waals surface area contributed by atoms with Crippen molar-refractivity contribution in [3.8, 4) is 0 Å². The summed E-state index contributed by atoms with van der Waals surface area (Å²) in [6.45, 7) is 0.479. The molecule has 1 amide bonds. The van der Waals surface area contributed by atoms with E-state index in [1.807, 2.05) is 0 Å². The second kappa shape index (κ2) is 7.10. The maximum Gasteiger partial charge on any atom is 0.274 e. The highest BCUT2D eigenvalue weighted by Crippen LogP contribution is 2.48. The van der Waals surface area contributed by atoms with Gasteiger partial charge in [0, 0.05) is 29.1 Å². The molecule has 0 bridgehead atoms. The van der Waals surface area contributed by atoms with Crippen LogP contribution in [0.1, 0.15) is 22.5 Å². The molecule has 1 fully saturated rings. The average molecular weight is 407 g/mol. The lowest BCUT2D eigenvalue weighted by Gasteiger charge is -2.34. The lowest BCUT2D eigenvalue weighted by Crippen LogP contribution is -2.38. The van der Waals surface area contributed by atoms with E-state index in [4.69, 9.17) is 22.1 Å². The predicted octanol–water partition coefficient (Wildman–Crippen LogP) is 3.38. The molecule has 2 aromatic rings. The summed E-state index contributed by atoms with van der Waals surface area (Å²) in [5.41, 5.74) is 5.65. The molecule has 1 aromatic heterocycles. The molecule has 4 rings (SSSR count). The summed E-state index contributed by atoms with van der Waals surface area (Å²) in [4.78, 5) is 20.8. The number of anilines is 1. The summed E-state index contributed by atoms with van der Waals surface area (Å²) in [6, 6.07) is 7.42. The van der Waals surface area contributed by atoms with Crippen molar-refractivity contribution < 1.29 is 13.9 Å². The van der Waals surface area contributed by atoms with E-state index in [2.05, 4.69) is 15.3 Å². The van der Waals surface area contributed by atoms with Crippen molar-refractivity contribution in [1.82, 2.24) is 4.98 Å². The smallest absolute Gasteiger partial charge is 0.274 e. The third-order valence-corrected chi connectivity index (χ3v) is 5.80. The predicted molar refractivity (Wildman–Crippen MR) is 103 cm³/mol. The second-order valence-electron chi connectivity index (χ2n) is 6.30. The fourth-order valence-corrected chi connectivity index (χ4v) is 4.39. The zero-order chi connectivity index (χ0) is 19.0. The molecular formula is C18H16ClFN4O2S. The number of aromatic nitrogens is 1. The van der Waals surface area contributed by atoms with Crippen LogP contribution in [-0.4, -0.2) is 28.4 Å².